The third-order valence-electron chi connectivity index (χ3n) is 4.96. The Bertz CT molecular complexity index is 1260. The summed E-state index contributed by atoms with van der Waals surface area (Å²) in [5.74, 6) is -0.0680. The number of carbonyl (C=O) groups excluding carboxylic acids is 1. The van der Waals surface area contributed by atoms with Gasteiger partial charge in [-0.3, -0.25) is 13.9 Å². The second kappa shape index (κ2) is 7.90. The fraction of sp³-hybridized carbons (Fsp3) is 0.182. The van der Waals surface area contributed by atoms with Gasteiger partial charge in [0.1, 0.15) is 17.9 Å². The summed E-state index contributed by atoms with van der Waals surface area (Å²) in [5.41, 5.74) is 2.25. The molecule has 0 aliphatic heterocycles. The van der Waals surface area contributed by atoms with Crippen molar-refractivity contribution in [2.75, 3.05) is 7.05 Å². The Morgan fingerprint density at radius 1 is 1.10 bits per heavy atom. The summed E-state index contributed by atoms with van der Waals surface area (Å²) in [6, 6.07) is 15.4. The van der Waals surface area contributed by atoms with E-state index in [9.17, 15) is 14.0 Å². The molecule has 2 aromatic carbocycles. The van der Waals surface area contributed by atoms with Gasteiger partial charge in [0, 0.05) is 26.2 Å². The van der Waals surface area contributed by atoms with Gasteiger partial charge < -0.3 is 4.90 Å². The van der Waals surface area contributed by atoms with Gasteiger partial charge in [-0.15, -0.1) is 0 Å². The maximum absolute atomic E-state index is 13.1. The van der Waals surface area contributed by atoms with Crippen LogP contribution < -0.4 is 5.69 Å². The Kier molecular flexibility index (Phi) is 5.14. The van der Waals surface area contributed by atoms with Gasteiger partial charge in [0.15, 0.2) is 11.5 Å². The number of benzene rings is 2. The van der Waals surface area contributed by atoms with Gasteiger partial charge in [0.05, 0.1) is 6.20 Å². The smallest absolute Gasteiger partial charge is 0.330 e. The molecule has 7 nitrogen and oxygen atoms in total. The SMILES string of the molecule is CN(Cc1ccc(F)cc1)C(=O)Cn1c(=O)n(C)c2nc(-c3ccccc3)ncc21. The molecule has 1 amide bonds. The van der Waals surface area contributed by atoms with Crippen molar-refractivity contribution in [1.82, 2.24) is 24.0 Å². The molecule has 0 saturated carbocycles. The summed E-state index contributed by atoms with van der Waals surface area (Å²) in [7, 11) is 3.27. The van der Waals surface area contributed by atoms with Crippen LogP contribution in [0.25, 0.3) is 22.6 Å². The van der Waals surface area contributed by atoms with E-state index in [4.69, 9.17) is 0 Å². The number of carbonyl (C=O) groups is 1. The van der Waals surface area contributed by atoms with Crippen molar-refractivity contribution in [3.8, 4) is 11.4 Å². The second-order valence-corrected chi connectivity index (χ2v) is 7.07. The highest BCUT2D eigenvalue weighted by Crippen LogP contribution is 2.17. The van der Waals surface area contributed by atoms with E-state index in [2.05, 4.69) is 9.97 Å². The van der Waals surface area contributed by atoms with Gasteiger partial charge in [-0.2, -0.15) is 0 Å². The lowest BCUT2D eigenvalue weighted by molar-refractivity contribution is -0.131. The Morgan fingerprint density at radius 2 is 1.80 bits per heavy atom. The minimum absolute atomic E-state index is 0.137. The Hall–Kier alpha value is -3.81. The molecular weight excluding hydrogens is 385 g/mol. The predicted molar refractivity (Wildman–Crippen MR) is 111 cm³/mol. The molecule has 8 heteroatoms. The molecule has 0 radical (unpaired) electrons. The zero-order valence-electron chi connectivity index (χ0n) is 16.6. The van der Waals surface area contributed by atoms with Crippen LogP contribution in [0.2, 0.25) is 0 Å². The molecular formula is C22H20FN5O2. The van der Waals surface area contributed by atoms with Crippen LogP contribution >= 0.6 is 0 Å². The van der Waals surface area contributed by atoms with E-state index in [-0.39, 0.29) is 24.0 Å². The quantitative estimate of drug-likeness (QED) is 0.512. The lowest BCUT2D eigenvalue weighted by atomic mass is 10.2. The maximum Gasteiger partial charge on any atom is 0.330 e. The number of aromatic nitrogens is 4. The molecule has 30 heavy (non-hydrogen) atoms. The molecule has 0 saturated heterocycles. The molecule has 0 fully saturated rings. The molecule has 2 aromatic heterocycles. The summed E-state index contributed by atoms with van der Waals surface area (Å²) in [6.45, 7) is 0.176. The zero-order chi connectivity index (χ0) is 21.3. The normalized spacial score (nSPS) is 11.0. The van der Waals surface area contributed by atoms with E-state index in [0.717, 1.165) is 11.1 Å². The van der Waals surface area contributed by atoms with Gasteiger partial charge in [-0.05, 0) is 17.7 Å². The number of rotatable bonds is 5. The molecule has 0 atom stereocenters. The molecule has 0 spiro atoms. The number of amides is 1. The van der Waals surface area contributed by atoms with Gasteiger partial charge in [0.25, 0.3) is 0 Å². The van der Waals surface area contributed by atoms with E-state index in [0.29, 0.717) is 23.5 Å². The first-order valence-electron chi connectivity index (χ1n) is 9.40. The average molecular weight is 405 g/mol. The summed E-state index contributed by atoms with van der Waals surface area (Å²) in [4.78, 5) is 35.9. The number of likely N-dealkylation sites (N-methyl/N-ethyl adjacent to an activating group) is 1. The topological polar surface area (TPSA) is 73.0 Å². The number of aryl methyl sites for hydroxylation is 1. The first-order valence-corrected chi connectivity index (χ1v) is 9.40. The molecule has 152 valence electrons. The van der Waals surface area contributed by atoms with Gasteiger partial charge in [0.2, 0.25) is 5.91 Å². The Morgan fingerprint density at radius 3 is 2.50 bits per heavy atom. The van der Waals surface area contributed by atoms with Crippen LogP contribution in [0.15, 0.2) is 65.6 Å². The van der Waals surface area contributed by atoms with Crippen molar-refractivity contribution in [3.05, 3.63) is 82.7 Å². The minimum Gasteiger partial charge on any atom is -0.340 e. The van der Waals surface area contributed by atoms with E-state index >= 15 is 0 Å². The van der Waals surface area contributed by atoms with E-state index in [1.54, 1.807) is 32.4 Å². The lowest BCUT2D eigenvalue weighted by Gasteiger charge is -2.17. The summed E-state index contributed by atoms with van der Waals surface area (Å²) in [6.07, 6.45) is 1.57. The summed E-state index contributed by atoms with van der Waals surface area (Å²) >= 11 is 0. The largest absolute Gasteiger partial charge is 0.340 e. The van der Waals surface area contributed by atoms with E-state index in [1.165, 1.54) is 26.2 Å². The third kappa shape index (κ3) is 3.71. The average Bonchev–Trinajstić information content (AvgIpc) is 3.00. The summed E-state index contributed by atoms with van der Waals surface area (Å²) in [5, 5.41) is 0. The summed E-state index contributed by atoms with van der Waals surface area (Å²) < 4.78 is 15.9. The maximum atomic E-state index is 13.1. The van der Waals surface area contributed by atoms with Crippen LogP contribution in [0.5, 0.6) is 0 Å². The molecule has 2 heterocycles. The van der Waals surface area contributed by atoms with Crippen molar-refractivity contribution in [2.24, 2.45) is 7.05 Å². The molecule has 0 unspecified atom stereocenters. The van der Waals surface area contributed by atoms with Crippen molar-refractivity contribution >= 4 is 17.1 Å². The molecule has 0 N–H and O–H groups in total. The number of halogens is 1. The Labute approximate surface area is 172 Å². The Balaban J connectivity index is 1.60. The van der Waals surface area contributed by atoms with Crippen LogP contribution in [0.4, 0.5) is 4.39 Å². The fourth-order valence-electron chi connectivity index (χ4n) is 3.27. The van der Waals surface area contributed by atoms with Crippen LogP contribution in [0.1, 0.15) is 5.56 Å². The number of fused-ring (bicyclic) bond motifs is 1. The highest BCUT2D eigenvalue weighted by atomic mass is 19.1. The van der Waals surface area contributed by atoms with Gasteiger partial charge in [-0.1, -0.05) is 42.5 Å². The highest BCUT2D eigenvalue weighted by molar-refractivity contribution is 5.79. The van der Waals surface area contributed by atoms with Crippen LogP contribution in [0.3, 0.4) is 0 Å². The van der Waals surface area contributed by atoms with Gasteiger partial charge >= 0.3 is 5.69 Å². The molecule has 0 aliphatic carbocycles. The monoisotopic (exact) mass is 405 g/mol. The van der Waals surface area contributed by atoms with Crippen molar-refractivity contribution in [1.29, 1.82) is 0 Å². The lowest BCUT2D eigenvalue weighted by Crippen LogP contribution is -2.33. The first-order chi connectivity index (χ1) is 14.4. The minimum atomic E-state index is -0.340. The van der Waals surface area contributed by atoms with Crippen LogP contribution in [-0.2, 0) is 24.9 Å². The number of imidazole rings is 1. The van der Waals surface area contributed by atoms with Crippen molar-refractivity contribution < 1.29 is 9.18 Å². The second-order valence-electron chi connectivity index (χ2n) is 7.07. The molecule has 4 rings (SSSR count). The van der Waals surface area contributed by atoms with E-state index < -0.39 is 0 Å². The molecule has 4 aromatic rings. The van der Waals surface area contributed by atoms with Gasteiger partial charge in [-0.25, -0.2) is 19.2 Å². The molecule has 0 aliphatic rings. The number of nitrogens with zero attached hydrogens (tertiary/aromatic N) is 5. The molecule has 0 bridgehead atoms. The number of hydrogen-bond acceptors (Lipinski definition) is 4. The highest BCUT2D eigenvalue weighted by Gasteiger charge is 2.18. The van der Waals surface area contributed by atoms with Crippen LogP contribution in [0, 0.1) is 5.82 Å². The number of hydrogen-bond donors (Lipinski definition) is 0. The standard InChI is InChI=1S/C22H20FN5O2/c1-26(13-15-8-10-17(23)11-9-15)19(29)14-28-18-12-24-20(16-6-4-3-5-7-16)25-21(18)27(2)22(28)30/h3-12H,13-14H2,1-2H3. The predicted octanol–water partition coefficient (Wildman–Crippen LogP) is 2.59. The van der Waals surface area contributed by atoms with Crippen molar-refractivity contribution in [2.45, 2.75) is 13.1 Å². The third-order valence-corrected chi connectivity index (χ3v) is 4.96. The fourth-order valence-corrected chi connectivity index (χ4v) is 3.27. The van der Waals surface area contributed by atoms with Crippen molar-refractivity contribution in [3.63, 3.8) is 0 Å². The first kappa shape index (κ1) is 19.5. The van der Waals surface area contributed by atoms with Crippen LogP contribution in [-0.4, -0.2) is 37.0 Å². The van der Waals surface area contributed by atoms with E-state index in [1.807, 2.05) is 30.3 Å². The zero-order valence-corrected chi connectivity index (χ0v) is 16.6.